The molecule has 1 saturated heterocycles. The molecule has 1 heterocycles. The second kappa shape index (κ2) is 7.00. The van der Waals surface area contributed by atoms with Gasteiger partial charge in [0.05, 0.1) is 16.9 Å². The number of nitrogens with one attached hydrogen (secondary N) is 1. The highest BCUT2D eigenvalue weighted by atomic mass is 19.4. The maximum atomic E-state index is 12.9. The van der Waals surface area contributed by atoms with Crippen LogP contribution in [-0.2, 0) is 15.7 Å². The van der Waals surface area contributed by atoms with Crippen LogP contribution >= 0.6 is 0 Å². The monoisotopic (exact) mass is 316 g/mol. The Morgan fingerprint density at radius 3 is 2.55 bits per heavy atom. The molecule has 0 saturated carbocycles. The van der Waals surface area contributed by atoms with E-state index in [0.717, 1.165) is 44.5 Å². The zero-order chi connectivity index (χ0) is 16.2. The van der Waals surface area contributed by atoms with Crippen molar-refractivity contribution in [2.75, 3.05) is 37.0 Å². The molecule has 0 unspecified atom stereocenters. The van der Waals surface area contributed by atoms with Gasteiger partial charge in [-0.15, -0.1) is 0 Å². The summed E-state index contributed by atoms with van der Waals surface area (Å²) in [4.78, 5) is 13.7. The zero-order valence-electron chi connectivity index (χ0n) is 12.4. The summed E-state index contributed by atoms with van der Waals surface area (Å²) in [6.07, 6.45) is -1.34. The molecule has 0 radical (unpaired) electrons. The van der Waals surface area contributed by atoms with Gasteiger partial charge >= 0.3 is 6.18 Å². The Kier molecular flexibility index (Phi) is 5.28. The van der Waals surface area contributed by atoms with E-state index in [2.05, 4.69) is 5.32 Å². The maximum Gasteiger partial charge on any atom is 0.416 e. The molecule has 122 valence electrons. The van der Waals surface area contributed by atoms with Crippen LogP contribution in [0.5, 0.6) is 0 Å². The molecule has 0 atom stereocenters. The fraction of sp³-hybridized carbons (Fsp3) is 0.533. The zero-order valence-corrected chi connectivity index (χ0v) is 12.4. The molecular formula is C15H19F3N2O2. The molecule has 0 aromatic heterocycles. The van der Waals surface area contributed by atoms with Gasteiger partial charge in [-0.2, -0.15) is 13.2 Å². The summed E-state index contributed by atoms with van der Waals surface area (Å²) in [6.45, 7) is 1.35. The normalized spacial score (nSPS) is 15.7. The van der Waals surface area contributed by atoms with Crippen molar-refractivity contribution in [3.8, 4) is 0 Å². The number of rotatable bonds is 4. The van der Waals surface area contributed by atoms with E-state index in [1.165, 1.54) is 13.2 Å². The van der Waals surface area contributed by atoms with Crippen LogP contribution in [0.15, 0.2) is 18.2 Å². The molecular weight excluding hydrogens is 297 g/mol. The van der Waals surface area contributed by atoms with Crippen molar-refractivity contribution >= 4 is 17.3 Å². The number of halogens is 3. The first-order chi connectivity index (χ1) is 10.4. The molecule has 2 rings (SSSR count). The summed E-state index contributed by atoms with van der Waals surface area (Å²) >= 11 is 0. The molecule has 0 bridgehead atoms. The lowest BCUT2D eigenvalue weighted by Crippen LogP contribution is -2.31. The van der Waals surface area contributed by atoms with Crippen LogP contribution in [0.1, 0.15) is 24.8 Å². The second-order valence-electron chi connectivity index (χ2n) is 5.26. The van der Waals surface area contributed by atoms with E-state index >= 15 is 0 Å². The highest BCUT2D eigenvalue weighted by molar-refractivity contribution is 5.95. The number of ether oxygens (including phenoxy) is 1. The number of anilines is 2. The van der Waals surface area contributed by atoms with Crippen LogP contribution in [0.25, 0.3) is 0 Å². The number of methoxy groups -OCH3 is 1. The molecule has 0 spiro atoms. The van der Waals surface area contributed by atoms with Crippen molar-refractivity contribution in [1.29, 1.82) is 0 Å². The van der Waals surface area contributed by atoms with Crippen molar-refractivity contribution < 1.29 is 22.7 Å². The number of hydrogen-bond acceptors (Lipinski definition) is 3. The minimum atomic E-state index is -4.44. The van der Waals surface area contributed by atoms with Crippen molar-refractivity contribution in [3.05, 3.63) is 23.8 Å². The summed E-state index contributed by atoms with van der Waals surface area (Å²) < 4.78 is 43.3. The number of carbonyl (C=O) groups is 1. The maximum absolute atomic E-state index is 12.9. The second-order valence-corrected chi connectivity index (χ2v) is 5.26. The number of nitrogens with zero attached hydrogens (tertiary/aromatic N) is 1. The molecule has 1 aromatic carbocycles. The molecule has 1 N–H and O–H groups in total. The number of carbonyl (C=O) groups excluding carboxylic acids is 1. The summed E-state index contributed by atoms with van der Waals surface area (Å²) in [6, 6.07) is 3.46. The third-order valence-electron chi connectivity index (χ3n) is 3.57. The topological polar surface area (TPSA) is 41.6 Å². The Balaban J connectivity index is 2.32. The van der Waals surface area contributed by atoms with Gasteiger partial charge in [0, 0.05) is 20.2 Å². The first kappa shape index (κ1) is 16.6. The molecule has 1 amide bonds. The standard InChI is InChI=1S/C15H19F3N2O2/c1-22-10-14(21)19-12-9-11(15(16,17)18)5-6-13(12)20-7-3-2-4-8-20/h5-6,9H,2-4,7-8,10H2,1H3,(H,19,21). The highest BCUT2D eigenvalue weighted by Gasteiger charge is 2.31. The van der Waals surface area contributed by atoms with Gasteiger partial charge in [0.25, 0.3) is 0 Å². The Hall–Kier alpha value is -1.76. The molecule has 1 aliphatic heterocycles. The minimum Gasteiger partial charge on any atom is -0.375 e. The SMILES string of the molecule is COCC(=O)Nc1cc(C(F)(F)F)ccc1N1CCCCC1. The number of hydrogen-bond donors (Lipinski definition) is 1. The third kappa shape index (κ3) is 4.13. The number of benzene rings is 1. The Morgan fingerprint density at radius 1 is 1.27 bits per heavy atom. The average Bonchev–Trinajstić information content (AvgIpc) is 2.47. The first-order valence-electron chi connectivity index (χ1n) is 7.17. The van der Waals surface area contributed by atoms with E-state index < -0.39 is 17.6 Å². The smallest absolute Gasteiger partial charge is 0.375 e. The predicted octanol–water partition coefficient (Wildman–Crippen LogP) is 3.28. The van der Waals surface area contributed by atoms with E-state index in [1.807, 2.05) is 4.90 Å². The summed E-state index contributed by atoms with van der Waals surface area (Å²) in [7, 11) is 1.36. The van der Waals surface area contributed by atoms with Gasteiger partial charge in [-0.25, -0.2) is 0 Å². The minimum absolute atomic E-state index is 0.179. The number of amides is 1. The molecule has 4 nitrogen and oxygen atoms in total. The van der Waals surface area contributed by atoms with Gasteiger partial charge < -0.3 is 15.0 Å². The van der Waals surface area contributed by atoms with Crippen molar-refractivity contribution in [1.82, 2.24) is 0 Å². The van der Waals surface area contributed by atoms with Gasteiger partial charge in [-0.1, -0.05) is 0 Å². The average molecular weight is 316 g/mol. The van der Waals surface area contributed by atoms with E-state index in [0.29, 0.717) is 5.69 Å². The van der Waals surface area contributed by atoms with Gasteiger partial charge in [0.1, 0.15) is 6.61 Å². The van der Waals surface area contributed by atoms with Crippen molar-refractivity contribution in [3.63, 3.8) is 0 Å². The first-order valence-corrected chi connectivity index (χ1v) is 7.17. The van der Waals surface area contributed by atoms with Crippen LogP contribution in [0.3, 0.4) is 0 Å². The Labute approximate surface area is 127 Å². The van der Waals surface area contributed by atoms with Gasteiger partial charge in [-0.05, 0) is 37.5 Å². The van der Waals surface area contributed by atoms with Crippen LogP contribution < -0.4 is 10.2 Å². The van der Waals surface area contributed by atoms with Crippen molar-refractivity contribution in [2.45, 2.75) is 25.4 Å². The lowest BCUT2D eigenvalue weighted by Gasteiger charge is -2.31. The van der Waals surface area contributed by atoms with Gasteiger partial charge in [0.15, 0.2) is 0 Å². The summed E-state index contributed by atoms with van der Waals surface area (Å²) in [5.41, 5.74) is 0.0249. The summed E-state index contributed by atoms with van der Waals surface area (Å²) in [5.74, 6) is -0.472. The van der Waals surface area contributed by atoms with Crippen molar-refractivity contribution in [2.24, 2.45) is 0 Å². The lowest BCUT2D eigenvalue weighted by atomic mass is 10.1. The molecule has 1 aromatic rings. The summed E-state index contributed by atoms with van der Waals surface area (Å²) in [5, 5.41) is 2.52. The van der Waals surface area contributed by atoms with E-state index in [1.54, 1.807) is 0 Å². The molecule has 7 heteroatoms. The Bertz CT molecular complexity index is 526. The number of piperidine rings is 1. The van der Waals surface area contributed by atoms with Crippen LogP contribution in [0.4, 0.5) is 24.5 Å². The molecule has 0 aliphatic carbocycles. The number of alkyl halides is 3. The van der Waals surface area contributed by atoms with Gasteiger partial charge in [0.2, 0.25) is 5.91 Å². The Morgan fingerprint density at radius 2 is 1.95 bits per heavy atom. The predicted molar refractivity (Wildman–Crippen MR) is 78.0 cm³/mol. The molecule has 22 heavy (non-hydrogen) atoms. The van der Waals surface area contributed by atoms with Crippen LogP contribution in [-0.4, -0.2) is 32.7 Å². The molecule has 1 aliphatic rings. The third-order valence-corrected chi connectivity index (χ3v) is 3.57. The van der Waals surface area contributed by atoms with Gasteiger partial charge in [-0.3, -0.25) is 4.79 Å². The fourth-order valence-electron chi connectivity index (χ4n) is 2.54. The quantitative estimate of drug-likeness (QED) is 0.927. The lowest BCUT2D eigenvalue weighted by molar-refractivity contribution is -0.137. The highest BCUT2D eigenvalue weighted by Crippen LogP contribution is 2.36. The van der Waals surface area contributed by atoms with E-state index in [9.17, 15) is 18.0 Å². The molecule has 1 fully saturated rings. The van der Waals surface area contributed by atoms with E-state index in [4.69, 9.17) is 4.74 Å². The van der Waals surface area contributed by atoms with Crippen LogP contribution in [0.2, 0.25) is 0 Å². The van der Waals surface area contributed by atoms with Crippen LogP contribution in [0, 0.1) is 0 Å². The largest absolute Gasteiger partial charge is 0.416 e. The van der Waals surface area contributed by atoms with E-state index in [-0.39, 0.29) is 12.3 Å². The fourth-order valence-corrected chi connectivity index (χ4v) is 2.54.